The van der Waals surface area contributed by atoms with Crippen LogP contribution < -0.4 is 0 Å². The number of likely N-dealkylation sites (tertiary alicyclic amines) is 1. The summed E-state index contributed by atoms with van der Waals surface area (Å²) in [5.41, 5.74) is 0. The molecular formula is C10H18ClNO2. The van der Waals surface area contributed by atoms with Gasteiger partial charge in [-0.15, -0.1) is 11.6 Å². The average molecular weight is 220 g/mol. The fraction of sp³-hybridized carbons (Fsp3) is 0.900. The third-order valence-electron chi connectivity index (χ3n) is 2.65. The Morgan fingerprint density at radius 2 is 2.36 bits per heavy atom. The van der Waals surface area contributed by atoms with Gasteiger partial charge in [0.05, 0.1) is 5.38 Å². The summed E-state index contributed by atoms with van der Waals surface area (Å²) in [6.45, 7) is 6.26. The lowest BCUT2D eigenvalue weighted by Crippen LogP contribution is -2.45. The van der Waals surface area contributed by atoms with Gasteiger partial charge in [-0.05, 0) is 19.3 Å². The highest BCUT2D eigenvalue weighted by atomic mass is 35.5. The summed E-state index contributed by atoms with van der Waals surface area (Å²) in [6.07, 6.45) is 0.992. The lowest BCUT2D eigenvalue weighted by atomic mass is 9.99. The van der Waals surface area contributed by atoms with Crippen LogP contribution in [0.25, 0.3) is 0 Å². The summed E-state index contributed by atoms with van der Waals surface area (Å²) < 4.78 is 5.08. The molecule has 14 heavy (non-hydrogen) atoms. The smallest absolute Gasteiger partial charge is 0.248 e. The SMILES string of the molecule is CCOCC(=O)N1CCC(C)C(Cl)C1. The van der Waals surface area contributed by atoms with Crippen LogP contribution in [-0.2, 0) is 9.53 Å². The lowest BCUT2D eigenvalue weighted by molar-refractivity contribution is -0.137. The first kappa shape index (κ1) is 11.8. The normalized spacial score (nSPS) is 27.8. The first-order chi connectivity index (χ1) is 6.65. The van der Waals surface area contributed by atoms with Crippen molar-refractivity contribution >= 4 is 17.5 Å². The topological polar surface area (TPSA) is 29.5 Å². The highest BCUT2D eigenvalue weighted by Crippen LogP contribution is 2.21. The molecule has 1 aliphatic rings. The van der Waals surface area contributed by atoms with E-state index in [9.17, 15) is 4.79 Å². The van der Waals surface area contributed by atoms with Gasteiger partial charge in [-0.2, -0.15) is 0 Å². The van der Waals surface area contributed by atoms with Gasteiger partial charge in [-0.3, -0.25) is 4.79 Å². The van der Waals surface area contributed by atoms with Gasteiger partial charge in [0.25, 0.3) is 0 Å². The van der Waals surface area contributed by atoms with Gasteiger partial charge in [0.15, 0.2) is 0 Å². The summed E-state index contributed by atoms with van der Waals surface area (Å²) in [7, 11) is 0. The van der Waals surface area contributed by atoms with Crippen LogP contribution in [-0.4, -0.2) is 42.5 Å². The second-order valence-electron chi connectivity index (χ2n) is 3.76. The number of carbonyl (C=O) groups excluding carboxylic acids is 1. The fourth-order valence-electron chi connectivity index (χ4n) is 1.53. The van der Waals surface area contributed by atoms with Crippen molar-refractivity contribution in [2.24, 2.45) is 5.92 Å². The molecule has 0 aromatic heterocycles. The third kappa shape index (κ3) is 3.14. The molecule has 0 aliphatic carbocycles. The van der Waals surface area contributed by atoms with Gasteiger partial charge >= 0.3 is 0 Å². The minimum atomic E-state index is 0.0596. The molecule has 0 aromatic rings. The molecular weight excluding hydrogens is 202 g/mol. The van der Waals surface area contributed by atoms with Crippen molar-refractivity contribution in [1.29, 1.82) is 0 Å². The molecule has 0 aromatic carbocycles. The van der Waals surface area contributed by atoms with Gasteiger partial charge in [0, 0.05) is 19.7 Å². The lowest BCUT2D eigenvalue weighted by Gasteiger charge is -2.33. The summed E-state index contributed by atoms with van der Waals surface area (Å²) in [5, 5.41) is 0.0920. The van der Waals surface area contributed by atoms with Gasteiger partial charge in [0.1, 0.15) is 6.61 Å². The molecule has 4 heteroatoms. The largest absolute Gasteiger partial charge is 0.372 e. The summed E-state index contributed by atoms with van der Waals surface area (Å²) in [5.74, 6) is 0.567. The number of halogens is 1. The second-order valence-corrected chi connectivity index (χ2v) is 4.32. The van der Waals surface area contributed by atoms with Crippen molar-refractivity contribution in [2.45, 2.75) is 25.6 Å². The van der Waals surface area contributed by atoms with Crippen LogP contribution in [0.15, 0.2) is 0 Å². The van der Waals surface area contributed by atoms with Crippen LogP contribution in [0.2, 0.25) is 0 Å². The number of alkyl halides is 1. The van der Waals surface area contributed by atoms with Crippen molar-refractivity contribution in [3.8, 4) is 0 Å². The van der Waals surface area contributed by atoms with E-state index in [4.69, 9.17) is 16.3 Å². The van der Waals surface area contributed by atoms with E-state index in [1.165, 1.54) is 0 Å². The Hall–Kier alpha value is -0.280. The van der Waals surface area contributed by atoms with E-state index < -0.39 is 0 Å². The predicted molar refractivity (Wildman–Crippen MR) is 56.5 cm³/mol. The van der Waals surface area contributed by atoms with Crippen molar-refractivity contribution in [3.63, 3.8) is 0 Å². The number of carbonyl (C=O) groups is 1. The van der Waals surface area contributed by atoms with Crippen molar-refractivity contribution in [3.05, 3.63) is 0 Å². The van der Waals surface area contributed by atoms with Gasteiger partial charge in [-0.1, -0.05) is 6.92 Å². The molecule has 1 fully saturated rings. The first-order valence-corrected chi connectivity index (χ1v) is 5.58. The molecule has 1 saturated heterocycles. The van der Waals surface area contributed by atoms with E-state index >= 15 is 0 Å². The first-order valence-electron chi connectivity index (χ1n) is 5.14. The Kier molecular flexibility index (Phi) is 4.69. The van der Waals surface area contributed by atoms with E-state index in [2.05, 4.69) is 6.92 Å². The zero-order chi connectivity index (χ0) is 10.6. The van der Waals surface area contributed by atoms with Crippen LogP contribution >= 0.6 is 11.6 Å². The molecule has 3 nitrogen and oxygen atoms in total. The molecule has 0 N–H and O–H groups in total. The Morgan fingerprint density at radius 1 is 1.64 bits per heavy atom. The van der Waals surface area contributed by atoms with Crippen LogP contribution in [0.1, 0.15) is 20.3 Å². The van der Waals surface area contributed by atoms with E-state index in [1.54, 1.807) is 4.90 Å². The number of amides is 1. The monoisotopic (exact) mass is 219 g/mol. The number of piperidine rings is 1. The summed E-state index contributed by atoms with van der Waals surface area (Å²) >= 11 is 6.11. The van der Waals surface area contributed by atoms with Gasteiger partial charge < -0.3 is 9.64 Å². The van der Waals surface area contributed by atoms with Crippen molar-refractivity contribution < 1.29 is 9.53 Å². The molecule has 1 amide bonds. The second kappa shape index (κ2) is 5.56. The van der Waals surface area contributed by atoms with Crippen molar-refractivity contribution in [1.82, 2.24) is 4.90 Å². The Balaban J connectivity index is 2.34. The van der Waals surface area contributed by atoms with E-state index in [-0.39, 0.29) is 17.9 Å². The molecule has 2 atom stereocenters. The maximum Gasteiger partial charge on any atom is 0.248 e. The van der Waals surface area contributed by atoms with Crippen LogP contribution in [0.3, 0.4) is 0 Å². The number of rotatable bonds is 3. The molecule has 0 saturated carbocycles. The molecule has 2 unspecified atom stereocenters. The minimum absolute atomic E-state index is 0.0596. The molecule has 0 spiro atoms. The average Bonchev–Trinajstić information content (AvgIpc) is 2.18. The van der Waals surface area contributed by atoms with E-state index in [1.807, 2.05) is 6.92 Å². The van der Waals surface area contributed by atoms with E-state index in [0.29, 0.717) is 19.1 Å². The van der Waals surface area contributed by atoms with Crippen LogP contribution in [0, 0.1) is 5.92 Å². The molecule has 82 valence electrons. The number of ether oxygens (including phenoxy) is 1. The molecule has 1 rings (SSSR count). The molecule has 1 heterocycles. The maximum absolute atomic E-state index is 11.6. The highest BCUT2D eigenvalue weighted by molar-refractivity contribution is 6.21. The zero-order valence-electron chi connectivity index (χ0n) is 8.83. The van der Waals surface area contributed by atoms with Crippen LogP contribution in [0.4, 0.5) is 0 Å². The van der Waals surface area contributed by atoms with Crippen molar-refractivity contribution in [2.75, 3.05) is 26.3 Å². The summed E-state index contributed by atoms with van der Waals surface area (Å²) in [6, 6.07) is 0. The minimum Gasteiger partial charge on any atom is -0.372 e. The third-order valence-corrected chi connectivity index (χ3v) is 3.22. The quantitative estimate of drug-likeness (QED) is 0.674. The van der Waals surface area contributed by atoms with E-state index in [0.717, 1.165) is 13.0 Å². The van der Waals surface area contributed by atoms with Gasteiger partial charge in [0.2, 0.25) is 5.91 Å². The predicted octanol–water partition coefficient (Wildman–Crippen LogP) is 1.50. The fourth-order valence-corrected chi connectivity index (χ4v) is 1.82. The number of hydrogen-bond donors (Lipinski definition) is 0. The molecule has 0 radical (unpaired) electrons. The number of hydrogen-bond acceptors (Lipinski definition) is 2. The Labute approximate surface area is 90.4 Å². The maximum atomic E-state index is 11.6. The Morgan fingerprint density at radius 3 is 2.93 bits per heavy atom. The molecule has 0 bridgehead atoms. The summed E-state index contributed by atoms with van der Waals surface area (Å²) in [4.78, 5) is 13.4. The standard InChI is InChI=1S/C10H18ClNO2/c1-3-14-7-10(13)12-5-4-8(2)9(11)6-12/h8-9H,3-7H2,1-2H3. The van der Waals surface area contributed by atoms with Gasteiger partial charge in [-0.25, -0.2) is 0 Å². The van der Waals surface area contributed by atoms with Crippen LogP contribution in [0.5, 0.6) is 0 Å². The number of nitrogens with zero attached hydrogens (tertiary/aromatic N) is 1. The molecule has 1 aliphatic heterocycles. The highest BCUT2D eigenvalue weighted by Gasteiger charge is 2.26. The Bertz CT molecular complexity index is 199. The zero-order valence-corrected chi connectivity index (χ0v) is 9.59.